The van der Waals surface area contributed by atoms with Crippen LogP contribution in [0.3, 0.4) is 0 Å². The number of hydrogen-bond acceptors (Lipinski definition) is 2. The Labute approximate surface area is 85.5 Å². The Morgan fingerprint density at radius 3 is 2.53 bits per heavy atom. The van der Waals surface area contributed by atoms with Gasteiger partial charge in [-0.2, -0.15) is 13.2 Å². The first-order valence-corrected chi connectivity index (χ1v) is 4.70. The van der Waals surface area contributed by atoms with Gasteiger partial charge < -0.3 is 5.32 Å². The summed E-state index contributed by atoms with van der Waals surface area (Å²) in [4.78, 5) is 3.77. The van der Waals surface area contributed by atoms with E-state index in [4.69, 9.17) is 0 Å². The molecule has 0 unspecified atom stereocenters. The molecule has 0 spiro atoms. The van der Waals surface area contributed by atoms with E-state index in [-0.39, 0.29) is 5.56 Å². The van der Waals surface area contributed by atoms with Crippen LogP contribution in [0.2, 0.25) is 0 Å². The second-order valence-corrected chi connectivity index (χ2v) is 3.75. The number of nitrogens with one attached hydrogen (secondary N) is 1. The van der Waals surface area contributed by atoms with Crippen LogP contribution < -0.4 is 5.32 Å². The number of nitrogens with zero attached hydrogens (tertiary/aromatic N) is 1. The van der Waals surface area contributed by atoms with Gasteiger partial charge in [-0.15, -0.1) is 0 Å². The van der Waals surface area contributed by atoms with E-state index in [1.54, 1.807) is 7.05 Å². The van der Waals surface area contributed by atoms with Gasteiger partial charge in [-0.05, 0) is 26.0 Å². The van der Waals surface area contributed by atoms with Crippen molar-refractivity contribution < 1.29 is 13.2 Å². The van der Waals surface area contributed by atoms with Gasteiger partial charge in [0.1, 0.15) is 0 Å². The maximum absolute atomic E-state index is 12.7. The first kappa shape index (κ1) is 10.4. The molecule has 2 nitrogen and oxygen atoms in total. The predicted molar refractivity (Wildman–Crippen MR) is 49.2 cm³/mol. The minimum absolute atomic E-state index is 0.264. The molecule has 82 valence electrons. The van der Waals surface area contributed by atoms with Crippen molar-refractivity contribution in [1.29, 1.82) is 0 Å². The van der Waals surface area contributed by atoms with E-state index in [9.17, 15) is 13.2 Å². The first-order valence-electron chi connectivity index (χ1n) is 4.70. The number of halogens is 3. The molecule has 1 N–H and O–H groups in total. The third-order valence-electron chi connectivity index (χ3n) is 2.87. The van der Waals surface area contributed by atoms with Crippen LogP contribution in [0.4, 0.5) is 13.2 Å². The molecular weight excluding hydrogens is 205 g/mol. The van der Waals surface area contributed by atoms with Crippen LogP contribution in [0.5, 0.6) is 0 Å². The number of aromatic nitrogens is 1. The summed E-state index contributed by atoms with van der Waals surface area (Å²) >= 11 is 0. The summed E-state index contributed by atoms with van der Waals surface area (Å²) in [5.41, 5.74) is -0.816. The normalized spacial score (nSPS) is 18.9. The van der Waals surface area contributed by atoms with Gasteiger partial charge in [0, 0.05) is 23.5 Å². The molecule has 0 atom stereocenters. The van der Waals surface area contributed by atoms with Crippen LogP contribution >= 0.6 is 0 Å². The van der Waals surface area contributed by atoms with Gasteiger partial charge in [0.2, 0.25) is 0 Å². The quantitative estimate of drug-likeness (QED) is 0.820. The van der Waals surface area contributed by atoms with Crippen molar-refractivity contribution in [2.75, 3.05) is 7.05 Å². The summed E-state index contributed by atoms with van der Waals surface area (Å²) in [6.45, 7) is 0. The highest BCUT2D eigenvalue weighted by molar-refractivity contribution is 5.37. The molecule has 1 saturated carbocycles. The molecule has 0 aromatic carbocycles. The predicted octanol–water partition coefficient (Wildman–Crippen LogP) is 2.31. The lowest BCUT2D eigenvalue weighted by molar-refractivity contribution is -0.138. The summed E-state index contributed by atoms with van der Waals surface area (Å²) in [6.07, 6.45) is -0.342. The molecule has 0 saturated heterocycles. The lowest BCUT2D eigenvalue weighted by atomic mass is 10.0. The van der Waals surface area contributed by atoms with Gasteiger partial charge in [0.25, 0.3) is 0 Å². The summed E-state index contributed by atoms with van der Waals surface area (Å²) in [7, 11) is 1.68. The molecule has 1 aromatic rings. The summed E-state index contributed by atoms with van der Waals surface area (Å²) in [5.74, 6) is 0. The Bertz CT molecular complexity index is 369. The van der Waals surface area contributed by atoms with Gasteiger partial charge >= 0.3 is 6.18 Å². The zero-order chi connectivity index (χ0) is 11.1. The van der Waals surface area contributed by atoms with E-state index in [2.05, 4.69) is 10.3 Å². The third kappa shape index (κ3) is 1.71. The molecule has 5 heteroatoms. The largest absolute Gasteiger partial charge is 0.416 e. The molecular formula is C10H11F3N2. The number of alkyl halides is 3. The third-order valence-corrected chi connectivity index (χ3v) is 2.87. The van der Waals surface area contributed by atoms with Gasteiger partial charge in [0.15, 0.2) is 0 Å². The summed E-state index contributed by atoms with van der Waals surface area (Å²) < 4.78 is 38.1. The highest BCUT2D eigenvalue weighted by atomic mass is 19.4. The molecule has 15 heavy (non-hydrogen) atoms. The number of rotatable bonds is 2. The van der Waals surface area contributed by atoms with E-state index < -0.39 is 17.3 Å². The highest BCUT2D eigenvalue weighted by Gasteiger charge is 2.48. The lowest BCUT2D eigenvalue weighted by Crippen LogP contribution is -2.28. The molecule has 1 heterocycles. The van der Waals surface area contributed by atoms with E-state index >= 15 is 0 Å². The maximum atomic E-state index is 12.7. The van der Waals surface area contributed by atoms with Crippen LogP contribution in [-0.4, -0.2) is 12.0 Å². The average Bonchev–Trinajstić information content (AvgIpc) is 2.97. The fraction of sp³-hybridized carbons (Fsp3) is 0.500. The molecule has 0 amide bonds. The molecule has 1 aliphatic rings. The van der Waals surface area contributed by atoms with Crippen molar-refractivity contribution >= 4 is 0 Å². The summed E-state index contributed by atoms with van der Waals surface area (Å²) in [6, 6.07) is 1.03. The number of hydrogen-bond donors (Lipinski definition) is 1. The Hall–Kier alpha value is -1.10. The minimum atomic E-state index is -4.30. The van der Waals surface area contributed by atoms with Crippen LogP contribution in [0.1, 0.15) is 24.0 Å². The summed E-state index contributed by atoms with van der Waals surface area (Å²) in [5, 5.41) is 2.94. The molecule has 1 aliphatic carbocycles. The topological polar surface area (TPSA) is 24.9 Å². The van der Waals surface area contributed by atoms with E-state index in [1.807, 2.05) is 0 Å². The van der Waals surface area contributed by atoms with Crippen LogP contribution in [0.15, 0.2) is 18.5 Å². The van der Waals surface area contributed by atoms with Crippen LogP contribution in [0, 0.1) is 0 Å². The van der Waals surface area contributed by atoms with Crippen molar-refractivity contribution in [3.63, 3.8) is 0 Å². The Morgan fingerprint density at radius 1 is 1.40 bits per heavy atom. The minimum Gasteiger partial charge on any atom is -0.310 e. The highest BCUT2D eigenvalue weighted by Crippen LogP contribution is 2.48. The van der Waals surface area contributed by atoms with Crippen molar-refractivity contribution in [3.8, 4) is 0 Å². The second-order valence-electron chi connectivity index (χ2n) is 3.75. The molecule has 2 rings (SSSR count). The lowest BCUT2D eigenvalue weighted by Gasteiger charge is -2.19. The maximum Gasteiger partial charge on any atom is 0.416 e. The van der Waals surface area contributed by atoms with E-state index in [0.29, 0.717) is 0 Å². The van der Waals surface area contributed by atoms with E-state index in [0.717, 1.165) is 18.9 Å². The standard InChI is InChI=1S/C10H11F3N2/c1-14-9(3-4-9)8-6-15-5-2-7(8)10(11,12)13/h2,5-6,14H,3-4H2,1H3. The fourth-order valence-electron chi connectivity index (χ4n) is 1.80. The van der Waals surface area contributed by atoms with Crippen molar-refractivity contribution in [1.82, 2.24) is 10.3 Å². The fourth-order valence-corrected chi connectivity index (χ4v) is 1.80. The van der Waals surface area contributed by atoms with Gasteiger partial charge in [-0.3, -0.25) is 4.98 Å². The van der Waals surface area contributed by atoms with Crippen molar-refractivity contribution in [2.45, 2.75) is 24.6 Å². The molecule has 0 aliphatic heterocycles. The van der Waals surface area contributed by atoms with Crippen LogP contribution in [0.25, 0.3) is 0 Å². The van der Waals surface area contributed by atoms with E-state index in [1.165, 1.54) is 12.4 Å². The SMILES string of the molecule is CNC1(c2cnccc2C(F)(F)F)CC1. The molecule has 0 bridgehead atoms. The Morgan fingerprint density at radius 2 is 2.07 bits per heavy atom. The monoisotopic (exact) mass is 216 g/mol. The second kappa shape index (κ2) is 3.20. The van der Waals surface area contributed by atoms with Crippen molar-refractivity contribution in [3.05, 3.63) is 29.6 Å². The van der Waals surface area contributed by atoms with Gasteiger partial charge in [0.05, 0.1) is 5.56 Å². The molecule has 0 radical (unpaired) electrons. The zero-order valence-corrected chi connectivity index (χ0v) is 8.23. The molecule has 1 aromatic heterocycles. The van der Waals surface area contributed by atoms with Gasteiger partial charge in [-0.25, -0.2) is 0 Å². The van der Waals surface area contributed by atoms with Crippen molar-refractivity contribution in [2.24, 2.45) is 0 Å². The van der Waals surface area contributed by atoms with Crippen LogP contribution in [-0.2, 0) is 11.7 Å². The smallest absolute Gasteiger partial charge is 0.310 e. The first-order chi connectivity index (χ1) is 6.99. The Balaban J connectivity index is 2.48. The number of pyridine rings is 1. The Kier molecular flexibility index (Phi) is 2.22. The van der Waals surface area contributed by atoms with Gasteiger partial charge in [-0.1, -0.05) is 0 Å². The molecule has 1 fully saturated rings. The average molecular weight is 216 g/mol. The zero-order valence-electron chi connectivity index (χ0n) is 8.23.